The minimum Gasteiger partial charge on any atom is -0.481 e. The third kappa shape index (κ3) is 4.67. The molecular formula is C11H17N3O3. The molecule has 0 aliphatic heterocycles. The molecule has 0 spiro atoms. The molecule has 1 N–H and O–H groups in total. The van der Waals surface area contributed by atoms with Crippen molar-refractivity contribution in [2.75, 3.05) is 25.1 Å². The fraction of sp³-hybridized carbons (Fsp3) is 0.545. The standard InChI is InChI=1S/C11H17N3O3/c1-3-17-10-7-9(12-8-13-10)14(2)6-4-5-11(15)16/h7-8H,3-6H2,1-2H3,(H,15,16). The van der Waals surface area contributed by atoms with E-state index in [9.17, 15) is 4.79 Å². The van der Waals surface area contributed by atoms with E-state index in [1.54, 1.807) is 6.07 Å². The smallest absolute Gasteiger partial charge is 0.303 e. The van der Waals surface area contributed by atoms with Crippen LogP contribution in [0.3, 0.4) is 0 Å². The number of anilines is 1. The van der Waals surface area contributed by atoms with Crippen molar-refractivity contribution in [3.63, 3.8) is 0 Å². The number of rotatable bonds is 7. The van der Waals surface area contributed by atoms with Gasteiger partial charge in [-0.25, -0.2) is 9.97 Å². The summed E-state index contributed by atoms with van der Waals surface area (Å²) < 4.78 is 5.27. The average Bonchev–Trinajstić information content (AvgIpc) is 2.29. The zero-order chi connectivity index (χ0) is 12.7. The summed E-state index contributed by atoms with van der Waals surface area (Å²) in [6.07, 6.45) is 2.18. The number of aromatic nitrogens is 2. The molecule has 6 nitrogen and oxygen atoms in total. The van der Waals surface area contributed by atoms with Crippen molar-refractivity contribution in [3.05, 3.63) is 12.4 Å². The molecule has 0 fully saturated rings. The van der Waals surface area contributed by atoms with Gasteiger partial charge in [0, 0.05) is 26.1 Å². The van der Waals surface area contributed by atoms with Gasteiger partial charge in [0.2, 0.25) is 5.88 Å². The Hall–Kier alpha value is -1.85. The molecule has 1 aromatic heterocycles. The third-order valence-corrected chi connectivity index (χ3v) is 2.20. The second kappa shape index (κ2) is 6.67. The van der Waals surface area contributed by atoms with Crippen LogP contribution in [0, 0.1) is 0 Å². The van der Waals surface area contributed by atoms with Gasteiger partial charge in [0.1, 0.15) is 12.1 Å². The van der Waals surface area contributed by atoms with Gasteiger partial charge < -0.3 is 14.7 Å². The first-order valence-corrected chi connectivity index (χ1v) is 5.51. The van der Waals surface area contributed by atoms with Crippen molar-refractivity contribution < 1.29 is 14.6 Å². The first-order chi connectivity index (χ1) is 8.13. The Balaban J connectivity index is 2.52. The van der Waals surface area contributed by atoms with Gasteiger partial charge >= 0.3 is 5.97 Å². The Morgan fingerprint density at radius 2 is 2.29 bits per heavy atom. The van der Waals surface area contributed by atoms with Gasteiger partial charge in [-0.3, -0.25) is 4.79 Å². The van der Waals surface area contributed by atoms with Gasteiger partial charge in [-0.1, -0.05) is 0 Å². The van der Waals surface area contributed by atoms with Crippen molar-refractivity contribution in [1.29, 1.82) is 0 Å². The lowest BCUT2D eigenvalue weighted by Crippen LogP contribution is -2.20. The maximum absolute atomic E-state index is 10.4. The number of carboxylic acid groups (broad SMARTS) is 1. The second-order valence-electron chi connectivity index (χ2n) is 3.57. The fourth-order valence-electron chi connectivity index (χ4n) is 1.35. The van der Waals surface area contributed by atoms with Gasteiger partial charge in [-0.2, -0.15) is 0 Å². The van der Waals surface area contributed by atoms with E-state index in [0.717, 1.165) is 5.82 Å². The average molecular weight is 239 g/mol. The van der Waals surface area contributed by atoms with Crippen LogP contribution in [-0.4, -0.2) is 41.2 Å². The van der Waals surface area contributed by atoms with Crippen molar-refractivity contribution in [3.8, 4) is 5.88 Å². The van der Waals surface area contributed by atoms with E-state index in [0.29, 0.717) is 25.5 Å². The number of ether oxygens (including phenoxy) is 1. The Labute approximate surface area is 100 Å². The Bertz CT molecular complexity index is 371. The molecule has 0 atom stereocenters. The Kier molecular flexibility index (Phi) is 5.19. The maximum Gasteiger partial charge on any atom is 0.303 e. The van der Waals surface area contributed by atoms with Gasteiger partial charge in [0.05, 0.1) is 6.61 Å². The van der Waals surface area contributed by atoms with E-state index in [4.69, 9.17) is 9.84 Å². The van der Waals surface area contributed by atoms with E-state index in [-0.39, 0.29) is 6.42 Å². The van der Waals surface area contributed by atoms with Crippen LogP contribution in [0.4, 0.5) is 5.82 Å². The number of aliphatic carboxylic acids is 1. The van der Waals surface area contributed by atoms with Crippen molar-refractivity contribution >= 4 is 11.8 Å². The summed E-state index contributed by atoms with van der Waals surface area (Å²) in [6.45, 7) is 3.08. The molecule has 0 unspecified atom stereocenters. The number of carbonyl (C=O) groups is 1. The molecule has 1 aromatic rings. The van der Waals surface area contributed by atoms with E-state index < -0.39 is 5.97 Å². The molecule has 1 rings (SSSR count). The summed E-state index contributed by atoms with van der Waals surface area (Å²) in [5.74, 6) is 0.479. The van der Waals surface area contributed by atoms with Crippen LogP contribution >= 0.6 is 0 Å². The largest absolute Gasteiger partial charge is 0.481 e. The minimum atomic E-state index is -0.781. The first kappa shape index (κ1) is 13.2. The molecule has 6 heteroatoms. The molecule has 94 valence electrons. The summed E-state index contributed by atoms with van der Waals surface area (Å²) in [7, 11) is 1.86. The summed E-state index contributed by atoms with van der Waals surface area (Å²) >= 11 is 0. The van der Waals surface area contributed by atoms with Crippen molar-refractivity contribution in [2.45, 2.75) is 19.8 Å². The van der Waals surface area contributed by atoms with Gasteiger partial charge in [0.15, 0.2) is 0 Å². The molecule has 0 aliphatic rings. The zero-order valence-corrected chi connectivity index (χ0v) is 10.1. The molecule has 0 saturated heterocycles. The predicted molar refractivity (Wildman–Crippen MR) is 63.3 cm³/mol. The van der Waals surface area contributed by atoms with E-state index in [1.165, 1.54) is 6.33 Å². The van der Waals surface area contributed by atoms with E-state index >= 15 is 0 Å². The lowest BCUT2D eigenvalue weighted by Gasteiger charge is -2.17. The van der Waals surface area contributed by atoms with Crippen LogP contribution in [0.2, 0.25) is 0 Å². The molecule has 0 saturated carbocycles. The Morgan fingerprint density at radius 1 is 1.53 bits per heavy atom. The first-order valence-electron chi connectivity index (χ1n) is 5.51. The predicted octanol–water partition coefficient (Wildman–Crippen LogP) is 1.18. The quantitative estimate of drug-likeness (QED) is 0.770. The zero-order valence-electron chi connectivity index (χ0n) is 10.1. The molecule has 17 heavy (non-hydrogen) atoms. The lowest BCUT2D eigenvalue weighted by molar-refractivity contribution is -0.137. The van der Waals surface area contributed by atoms with Crippen molar-refractivity contribution in [2.24, 2.45) is 0 Å². The van der Waals surface area contributed by atoms with Crippen LogP contribution in [0.15, 0.2) is 12.4 Å². The summed E-state index contributed by atoms with van der Waals surface area (Å²) in [6, 6.07) is 1.74. The highest BCUT2D eigenvalue weighted by atomic mass is 16.5. The molecular weight excluding hydrogens is 222 g/mol. The lowest BCUT2D eigenvalue weighted by atomic mass is 10.3. The topological polar surface area (TPSA) is 75.5 Å². The van der Waals surface area contributed by atoms with E-state index in [2.05, 4.69) is 9.97 Å². The summed E-state index contributed by atoms with van der Waals surface area (Å²) in [5, 5.41) is 8.55. The van der Waals surface area contributed by atoms with E-state index in [1.807, 2.05) is 18.9 Å². The summed E-state index contributed by atoms with van der Waals surface area (Å²) in [5.41, 5.74) is 0. The van der Waals surface area contributed by atoms with Crippen molar-refractivity contribution in [1.82, 2.24) is 9.97 Å². The monoisotopic (exact) mass is 239 g/mol. The fourth-order valence-corrected chi connectivity index (χ4v) is 1.35. The highest BCUT2D eigenvalue weighted by Gasteiger charge is 2.05. The second-order valence-corrected chi connectivity index (χ2v) is 3.57. The Morgan fingerprint density at radius 3 is 2.94 bits per heavy atom. The highest BCUT2D eigenvalue weighted by molar-refractivity contribution is 5.66. The molecule has 0 aromatic carbocycles. The molecule has 0 amide bonds. The summed E-state index contributed by atoms with van der Waals surface area (Å²) in [4.78, 5) is 20.3. The van der Waals surface area contributed by atoms with Crippen LogP contribution in [0.1, 0.15) is 19.8 Å². The molecule has 0 radical (unpaired) electrons. The molecule has 1 heterocycles. The van der Waals surface area contributed by atoms with Crippen LogP contribution in [0.25, 0.3) is 0 Å². The number of nitrogens with zero attached hydrogens (tertiary/aromatic N) is 3. The number of carboxylic acids is 1. The number of hydrogen-bond acceptors (Lipinski definition) is 5. The third-order valence-electron chi connectivity index (χ3n) is 2.20. The maximum atomic E-state index is 10.4. The normalized spacial score (nSPS) is 10.0. The highest BCUT2D eigenvalue weighted by Crippen LogP contribution is 2.14. The van der Waals surface area contributed by atoms with Crippen LogP contribution in [0.5, 0.6) is 5.88 Å². The van der Waals surface area contributed by atoms with Crippen LogP contribution < -0.4 is 9.64 Å². The van der Waals surface area contributed by atoms with Crippen LogP contribution in [-0.2, 0) is 4.79 Å². The SMILES string of the molecule is CCOc1cc(N(C)CCCC(=O)O)ncn1. The van der Waals surface area contributed by atoms with Gasteiger partial charge in [-0.15, -0.1) is 0 Å². The molecule has 0 aliphatic carbocycles. The van der Waals surface area contributed by atoms with Gasteiger partial charge in [-0.05, 0) is 13.3 Å². The minimum absolute atomic E-state index is 0.160. The molecule has 0 bridgehead atoms. The van der Waals surface area contributed by atoms with Gasteiger partial charge in [0.25, 0.3) is 0 Å². The number of hydrogen-bond donors (Lipinski definition) is 1.